The van der Waals surface area contributed by atoms with Crippen molar-refractivity contribution >= 4 is 11.9 Å². The van der Waals surface area contributed by atoms with Gasteiger partial charge in [0.1, 0.15) is 0 Å². The van der Waals surface area contributed by atoms with E-state index in [2.05, 4.69) is 6.92 Å². The maximum absolute atomic E-state index is 12.0. The summed E-state index contributed by atoms with van der Waals surface area (Å²) in [6.07, 6.45) is 3.86. The molecule has 106 valence electrons. The number of nitrogens with zero attached hydrogens (tertiary/aromatic N) is 2. The lowest BCUT2D eigenvalue weighted by atomic mass is 10.1. The molecule has 0 aromatic heterocycles. The second-order valence-electron chi connectivity index (χ2n) is 4.70. The van der Waals surface area contributed by atoms with E-state index in [1.807, 2.05) is 0 Å². The number of carbonyl (C=O) groups is 2. The van der Waals surface area contributed by atoms with E-state index >= 15 is 0 Å². The number of rotatable bonds is 9. The summed E-state index contributed by atoms with van der Waals surface area (Å²) in [4.78, 5) is 22.9. The summed E-state index contributed by atoms with van der Waals surface area (Å²) in [5.74, 6) is -1.72. The third kappa shape index (κ3) is 6.00. The average molecular weight is 257 g/mol. The molecule has 18 heavy (non-hydrogen) atoms. The second-order valence-corrected chi connectivity index (χ2v) is 4.70. The van der Waals surface area contributed by atoms with E-state index in [9.17, 15) is 14.7 Å². The smallest absolute Gasteiger partial charge is 0.236 e. The van der Waals surface area contributed by atoms with Gasteiger partial charge in [0.2, 0.25) is 5.91 Å². The van der Waals surface area contributed by atoms with Crippen LogP contribution in [0, 0.1) is 5.92 Å². The molecule has 5 nitrogen and oxygen atoms in total. The molecule has 0 aromatic rings. The first-order valence-corrected chi connectivity index (χ1v) is 6.62. The van der Waals surface area contributed by atoms with E-state index in [0.717, 1.165) is 19.3 Å². The Balaban J connectivity index is 4.45. The molecule has 1 amide bonds. The van der Waals surface area contributed by atoms with Crippen molar-refractivity contribution in [2.45, 2.75) is 46.0 Å². The average Bonchev–Trinajstić information content (AvgIpc) is 2.29. The van der Waals surface area contributed by atoms with Gasteiger partial charge < -0.3 is 9.90 Å². The molecule has 0 saturated heterocycles. The minimum absolute atomic E-state index is 0.0202. The van der Waals surface area contributed by atoms with Crippen LogP contribution in [0.2, 0.25) is 0 Å². The van der Waals surface area contributed by atoms with Crippen LogP contribution in [0.15, 0.2) is 0 Å². The van der Waals surface area contributed by atoms with Crippen LogP contribution in [-0.4, -0.2) is 42.5 Å². The van der Waals surface area contributed by atoms with Crippen molar-refractivity contribution in [3.63, 3.8) is 0 Å². The monoisotopic (exact) mass is 257 g/mol. The van der Waals surface area contributed by atoms with Gasteiger partial charge in [0.05, 0.1) is 0 Å². The summed E-state index contributed by atoms with van der Waals surface area (Å²) in [5.41, 5.74) is 0. The molecule has 1 unspecified atom stereocenters. The van der Waals surface area contributed by atoms with E-state index in [-0.39, 0.29) is 12.5 Å². The first kappa shape index (κ1) is 16.9. The molecule has 0 aliphatic heterocycles. The highest BCUT2D eigenvalue weighted by atomic mass is 16.4. The Bertz CT molecular complexity index is 267. The van der Waals surface area contributed by atoms with E-state index in [0.29, 0.717) is 12.8 Å². The molecule has 0 bridgehead atoms. The molecule has 5 heteroatoms. The third-order valence-corrected chi connectivity index (χ3v) is 2.98. The standard InChI is InChI=1S/C13H26N2O3/c1-5-7-8-9-12(16)15(14(3)4)10-11(6-2)13(17)18/h11H,5-10H2,1-4H3,(H,17,18)/p-1. The van der Waals surface area contributed by atoms with Crippen molar-refractivity contribution in [3.8, 4) is 0 Å². The van der Waals surface area contributed by atoms with Gasteiger partial charge in [-0.15, -0.1) is 0 Å². The van der Waals surface area contributed by atoms with Gasteiger partial charge >= 0.3 is 0 Å². The molecule has 0 rings (SSSR count). The van der Waals surface area contributed by atoms with Gasteiger partial charge in [-0.2, -0.15) is 0 Å². The lowest BCUT2D eigenvalue weighted by Crippen LogP contribution is -2.48. The predicted octanol–water partition coefficient (Wildman–Crippen LogP) is 0.648. The summed E-state index contributed by atoms with van der Waals surface area (Å²) in [6, 6.07) is 0. The summed E-state index contributed by atoms with van der Waals surface area (Å²) in [6.45, 7) is 4.06. The Morgan fingerprint density at radius 1 is 1.17 bits per heavy atom. The SMILES string of the molecule is CCCCCC(=O)N(CC(CC)C(=O)[O-])N(C)C. The molecule has 0 saturated carbocycles. The van der Waals surface area contributed by atoms with Gasteiger partial charge in [-0.3, -0.25) is 9.80 Å². The van der Waals surface area contributed by atoms with Crippen LogP contribution in [0.25, 0.3) is 0 Å². The van der Waals surface area contributed by atoms with Crippen LogP contribution >= 0.6 is 0 Å². The van der Waals surface area contributed by atoms with Crippen LogP contribution in [-0.2, 0) is 9.59 Å². The number of carboxylic acids is 1. The molecule has 1 atom stereocenters. The zero-order valence-electron chi connectivity index (χ0n) is 11.9. The van der Waals surface area contributed by atoms with Crippen molar-refractivity contribution in [2.24, 2.45) is 5.92 Å². The van der Waals surface area contributed by atoms with Gasteiger partial charge in [-0.05, 0) is 12.8 Å². The number of hydrazine groups is 1. The first-order valence-electron chi connectivity index (χ1n) is 6.62. The molecule has 0 fully saturated rings. The molecule has 0 aliphatic carbocycles. The minimum Gasteiger partial charge on any atom is -0.550 e. The molecule has 0 radical (unpaired) electrons. The fourth-order valence-electron chi connectivity index (χ4n) is 1.72. The molecular weight excluding hydrogens is 232 g/mol. The van der Waals surface area contributed by atoms with Crippen LogP contribution in [0.4, 0.5) is 0 Å². The Labute approximate surface area is 110 Å². The van der Waals surface area contributed by atoms with Crippen LogP contribution in [0.3, 0.4) is 0 Å². The number of carboxylic acid groups (broad SMARTS) is 1. The summed E-state index contributed by atoms with van der Waals surface area (Å²) < 4.78 is 0. The zero-order chi connectivity index (χ0) is 14.1. The van der Waals surface area contributed by atoms with Crippen molar-refractivity contribution in [2.75, 3.05) is 20.6 Å². The van der Waals surface area contributed by atoms with Crippen molar-refractivity contribution < 1.29 is 14.7 Å². The molecule has 0 aromatic carbocycles. The topological polar surface area (TPSA) is 63.7 Å². The predicted molar refractivity (Wildman–Crippen MR) is 68.3 cm³/mol. The van der Waals surface area contributed by atoms with Crippen molar-refractivity contribution in [3.05, 3.63) is 0 Å². The lowest BCUT2D eigenvalue weighted by Gasteiger charge is -2.32. The van der Waals surface area contributed by atoms with Crippen LogP contribution < -0.4 is 5.11 Å². The zero-order valence-corrected chi connectivity index (χ0v) is 11.9. The largest absolute Gasteiger partial charge is 0.550 e. The van der Waals surface area contributed by atoms with E-state index in [1.165, 1.54) is 5.01 Å². The molecule has 0 N–H and O–H groups in total. The molecule has 0 spiro atoms. The Morgan fingerprint density at radius 3 is 2.17 bits per heavy atom. The van der Waals surface area contributed by atoms with E-state index in [1.54, 1.807) is 26.0 Å². The fraction of sp³-hybridized carbons (Fsp3) is 0.846. The molecule has 0 aliphatic rings. The molecular formula is C13H25N2O3-. The Kier molecular flexibility index (Phi) is 8.37. The maximum atomic E-state index is 12.0. The quantitative estimate of drug-likeness (QED) is 0.449. The Morgan fingerprint density at radius 2 is 1.78 bits per heavy atom. The summed E-state index contributed by atoms with van der Waals surface area (Å²) >= 11 is 0. The number of unbranched alkanes of at least 4 members (excludes halogenated alkanes) is 2. The van der Waals surface area contributed by atoms with Gasteiger partial charge in [0.25, 0.3) is 0 Å². The Hall–Kier alpha value is -1.10. The number of hydrogen-bond acceptors (Lipinski definition) is 4. The molecule has 0 heterocycles. The first-order chi connectivity index (χ1) is 8.43. The van der Waals surface area contributed by atoms with Crippen LogP contribution in [0.1, 0.15) is 46.0 Å². The highest BCUT2D eigenvalue weighted by Crippen LogP contribution is 2.10. The maximum Gasteiger partial charge on any atom is 0.236 e. The lowest BCUT2D eigenvalue weighted by molar-refractivity contribution is -0.312. The number of aliphatic carboxylic acids is 1. The summed E-state index contributed by atoms with van der Waals surface area (Å²) in [5, 5.41) is 14.1. The fourth-order valence-corrected chi connectivity index (χ4v) is 1.72. The number of amides is 1. The second kappa shape index (κ2) is 8.91. The van der Waals surface area contributed by atoms with E-state index in [4.69, 9.17) is 0 Å². The summed E-state index contributed by atoms with van der Waals surface area (Å²) in [7, 11) is 3.50. The highest BCUT2D eigenvalue weighted by molar-refractivity contribution is 5.76. The number of carbonyl (C=O) groups excluding carboxylic acids is 2. The number of hydrogen-bond donors (Lipinski definition) is 0. The van der Waals surface area contributed by atoms with Crippen LogP contribution in [0.5, 0.6) is 0 Å². The van der Waals surface area contributed by atoms with Crippen molar-refractivity contribution in [1.82, 2.24) is 10.0 Å². The minimum atomic E-state index is -1.09. The van der Waals surface area contributed by atoms with Crippen molar-refractivity contribution in [1.29, 1.82) is 0 Å². The van der Waals surface area contributed by atoms with Gasteiger partial charge in [0, 0.05) is 38.9 Å². The third-order valence-electron chi connectivity index (χ3n) is 2.98. The normalized spacial score (nSPS) is 12.5. The van der Waals surface area contributed by atoms with Gasteiger partial charge in [0.15, 0.2) is 0 Å². The highest BCUT2D eigenvalue weighted by Gasteiger charge is 2.20. The van der Waals surface area contributed by atoms with Gasteiger partial charge in [-0.25, -0.2) is 5.01 Å². The van der Waals surface area contributed by atoms with E-state index < -0.39 is 11.9 Å². The van der Waals surface area contributed by atoms with Gasteiger partial charge in [-0.1, -0.05) is 26.7 Å².